The molecule has 1 aliphatic carbocycles. The van der Waals surface area contributed by atoms with Gasteiger partial charge in [0.1, 0.15) is 5.82 Å². The van der Waals surface area contributed by atoms with Crippen molar-refractivity contribution in [3.63, 3.8) is 0 Å². The molecular formula is C22H33N7O2. The second-order valence-corrected chi connectivity index (χ2v) is 8.84. The lowest BCUT2D eigenvalue weighted by Gasteiger charge is -2.30. The van der Waals surface area contributed by atoms with Crippen LogP contribution in [0, 0.1) is 6.92 Å². The molecule has 2 atom stereocenters. The second-order valence-electron chi connectivity index (χ2n) is 8.84. The van der Waals surface area contributed by atoms with E-state index in [1.54, 1.807) is 7.11 Å². The van der Waals surface area contributed by atoms with Crippen molar-refractivity contribution in [2.75, 3.05) is 19.0 Å². The lowest BCUT2D eigenvalue weighted by atomic mass is 9.90. The second kappa shape index (κ2) is 9.47. The van der Waals surface area contributed by atoms with Crippen LogP contribution >= 0.6 is 0 Å². The van der Waals surface area contributed by atoms with E-state index in [4.69, 9.17) is 16.2 Å². The molecule has 0 saturated heterocycles. The van der Waals surface area contributed by atoms with E-state index >= 15 is 0 Å². The van der Waals surface area contributed by atoms with Gasteiger partial charge in [-0.15, -0.1) is 0 Å². The summed E-state index contributed by atoms with van der Waals surface area (Å²) in [6, 6.07) is 5.88. The highest BCUT2D eigenvalue weighted by Crippen LogP contribution is 2.28. The topological polar surface area (TPSA) is 141 Å². The van der Waals surface area contributed by atoms with Crippen LogP contribution in [-0.4, -0.2) is 53.2 Å². The summed E-state index contributed by atoms with van der Waals surface area (Å²) in [4.78, 5) is 26.5. The first-order valence-corrected chi connectivity index (χ1v) is 10.6. The van der Waals surface area contributed by atoms with Crippen molar-refractivity contribution in [3.8, 4) is 0 Å². The van der Waals surface area contributed by atoms with Crippen molar-refractivity contribution in [1.82, 2.24) is 15.3 Å². The zero-order valence-corrected chi connectivity index (χ0v) is 18.7. The number of nitrogens with one attached hydrogen (secondary N) is 2. The Hall–Kier alpha value is -2.94. The minimum atomic E-state index is -0.549. The van der Waals surface area contributed by atoms with Crippen LogP contribution < -0.4 is 22.1 Å². The molecule has 3 rings (SSSR count). The van der Waals surface area contributed by atoms with E-state index in [1.165, 1.54) is 0 Å². The Morgan fingerprint density at radius 1 is 1.26 bits per heavy atom. The van der Waals surface area contributed by atoms with Gasteiger partial charge >= 0.3 is 0 Å². The van der Waals surface area contributed by atoms with Gasteiger partial charge in [-0.2, -0.15) is 0 Å². The third kappa shape index (κ3) is 5.81. The lowest BCUT2D eigenvalue weighted by molar-refractivity contribution is 0.0810. The molecular weight excluding hydrogens is 394 g/mol. The maximum atomic E-state index is 12.9. The number of ether oxygens (including phenoxy) is 1. The molecule has 0 aliphatic heterocycles. The monoisotopic (exact) mass is 427 g/mol. The number of rotatable bonds is 7. The number of aryl methyl sites for hydroxylation is 1. The van der Waals surface area contributed by atoms with Crippen LogP contribution in [0.1, 0.15) is 55.7 Å². The number of anilines is 1. The van der Waals surface area contributed by atoms with Gasteiger partial charge in [0.05, 0.1) is 29.7 Å². The minimum absolute atomic E-state index is 0.0234. The third-order valence-corrected chi connectivity index (χ3v) is 5.38. The highest BCUT2D eigenvalue weighted by molar-refractivity contribution is 5.97. The summed E-state index contributed by atoms with van der Waals surface area (Å²) in [5, 5.41) is 7.32. The number of amides is 1. The zero-order valence-electron chi connectivity index (χ0n) is 18.7. The molecule has 0 bridgehead atoms. The summed E-state index contributed by atoms with van der Waals surface area (Å²) in [6.07, 6.45) is 3.97. The Labute approximate surface area is 183 Å². The number of carbonyl (C=O) groups excluding carboxylic acids is 1. The number of nitrogens with zero attached hydrogens (tertiary/aromatic N) is 3. The maximum absolute atomic E-state index is 12.9. The molecule has 1 saturated carbocycles. The van der Waals surface area contributed by atoms with Crippen molar-refractivity contribution >= 4 is 28.6 Å². The summed E-state index contributed by atoms with van der Waals surface area (Å²) in [5.41, 5.74) is 12.5. The molecule has 1 aromatic carbocycles. The normalized spacial score (nSPS) is 19.1. The van der Waals surface area contributed by atoms with Gasteiger partial charge in [-0.05, 0) is 45.7 Å². The number of aromatic nitrogens is 2. The molecule has 0 radical (unpaired) electrons. The number of methoxy groups -OCH3 is 1. The van der Waals surface area contributed by atoms with E-state index in [1.807, 2.05) is 39.0 Å². The number of hydrogen-bond donors (Lipinski definition) is 4. The number of benzene rings is 1. The number of carbonyl (C=O) groups is 1. The molecule has 1 aliphatic rings. The van der Waals surface area contributed by atoms with Gasteiger partial charge in [0.2, 0.25) is 5.82 Å². The first kappa shape index (κ1) is 22.7. The van der Waals surface area contributed by atoms with Crippen LogP contribution in [-0.2, 0) is 4.74 Å². The number of hydrogen-bond acceptors (Lipinski definition) is 6. The average molecular weight is 428 g/mol. The molecule has 9 heteroatoms. The van der Waals surface area contributed by atoms with Crippen LogP contribution in [0.25, 0.3) is 10.9 Å². The SMILES string of the molecule is COCC(C)(C)NC(=O)c1nc(N[C@H]2CCCC[C@H]2N=C(N)N)c2cc(C)ccc2n1. The average Bonchev–Trinajstić information content (AvgIpc) is 2.68. The molecule has 0 unspecified atom stereocenters. The number of guanidine groups is 1. The summed E-state index contributed by atoms with van der Waals surface area (Å²) in [6.45, 7) is 6.17. The molecule has 31 heavy (non-hydrogen) atoms. The predicted molar refractivity (Wildman–Crippen MR) is 123 cm³/mol. The number of fused-ring (bicyclic) bond motifs is 1. The fourth-order valence-electron chi connectivity index (χ4n) is 4.02. The molecule has 1 fully saturated rings. The largest absolute Gasteiger partial charge is 0.382 e. The summed E-state index contributed by atoms with van der Waals surface area (Å²) < 4.78 is 5.19. The van der Waals surface area contributed by atoms with Crippen LogP contribution in [0.4, 0.5) is 5.82 Å². The van der Waals surface area contributed by atoms with Gasteiger partial charge < -0.3 is 26.8 Å². The predicted octanol–water partition coefficient (Wildman–Crippen LogP) is 2.09. The van der Waals surface area contributed by atoms with E-state index in [9.17, 15) is 4.79 Å². The van der Waals surface area contributed by atoms with Crippen LogP contribution in [0.15, 0.2) is 23.2 Å². The highest BCUT2D eigenvalue weighted by atomic mass is 16.5. The van der Waals surface area contributed by atoms with Gasteiger partial charge in [0.25, 0.3) is 5.91 Å². The molecule has 168 valence electrons. The van der Waals surface area contributed by atoms with Crippen LogP contribution in [0.2, 0.25) is 0 Å². The summed E-state index contributed by atoms with van der Waals surface area (Å²) in [5.74, 6) is 0.461. The lowest BCUT2D eigenvalue weighted by Crippen LogP contribution is -2.47. The summed E-state index contributed by atoms with van der Waals surface area (Å²) in [7, 11) is 1.60. The Balaban J connectivity index is 1.98. The first-order valence-electron chi connectivity index (χ1n) is 10.6. The molecule has 2 aromatic rings. The van der Waals surface area contributed by atoms with Gasteiger partial charge in [-0.3, -0.25) is 4.79 Å². The van der Waals surface area contributed by atoms with Crippen molar-refractivity contribution in [2.45, 2.75) is 64.1 Å². The number of aliphatic imine (C=N–C) groups is 1. The molecule has 6 N–H and O–H groups in total. The molecule has 1 heterocycles. The van der Waals surface area contributed by atoms with Gasteiger partial charge in [0, 0.05) is 12.5 Å². The van der Waals surface area contributed by atoms with E-state index < -0.39 is 5.54 Å². The fourth-order valence-corrected chi connectivity index (χ4v) is 4.02. The van der Waals surface area contributed by atoms with Crippen molar-refractivity contribution < 1.29 is 9.53 Å². The van der Waals surface area contributed by atoms with E-state index in [2.05, 4.69) is 25.6 Å². The van der Waals surface area contributed by atoms with Crippen molar-refractivity contribution in [3.05, 3.63) is 29.6 Å². The third-order valence-electron chi connectivity index (χ3n) is 5.38. The van der Waals surface area contributed by atoms with Crippen molar-refractivity contribution in [1.29, 1.82) is 0 Å². The summed E-state index contributed by atoms with van der Waals surface area (Å²) >= 11 is 0. The Kier molecular flexibility index (Phi) is 6.94. The van der Waals surface area contributed by atoms with E-state index in [0.717, 1.165) is 36.6 Å². The minimum Gasteiger partial charge on any atom is -0.382 e. The standard InChI is InChI=1S/C22H33N7O2/c1-13-9-10-15-14(11-13)18(26-16-7-5-6-8-17(16)27-21(23)24)28-19(25-15)20(30)29-22(2,3)12-31-4/h9-11,16-17H,5-8,12H2,1-4H3,(H,29,30)(H4,23,24,27)(H,25,26,28)/t16-,17+/m0/s1. The Bertz CT molecular complexity index is 970. The zero-order chi connectivity index (χ0) is 22.6. The molecule has 9 nitrogen and oxygen atoms in total. The maximum Gasteiger partial charge on any atom is 0.289 e. The highest BCUT2D eigenvalue weighted by Gasteiger charge is 2.27. The van der Waals surface area contributed by atoms with E-state index in [-0.39, 0.29) is 29.8 Å². The van der Waals surface area contributed by atoms with E-state index in [0.29, 0.717) is 17.9 Å². The van der Waals surface area contributed by atoms with Crippen LogP contribution in [0.5, 0.6) is 0 Å². The van der Waals surface area contributed by atoms with Gasteiger partial charge in [-0.1, -0.05) is 24.5 Å². The quantitative estimate of drug-likeness (QED) is 0.392. The number of nitrogens with two attached hydrogens (primary N) is 2. The van der Waals surface area contributed by atoms with Gasteiger partial charge in [-0.25, -0.2) is 15.0 Å². The van der Waals surface area contributed by atoms with Crippen LogP contribution in [0.3, 0.4) is 0 Å². The Morgan fingerprint density at radius 3 is 2.71 bits per heavy atom. The first-order chi connectivity index (χ1) is 14.7. The fraction of sp³-hybridized carbons (Fsp3) is 0.545. The van der Waals surface area contributed by atoms with Crippen molar-refractivity contribution in [2.24, 2.45) is 16.5 Å². The molecule has 1 aromatic heterocycles. The molecule has 0 spiro atoms. The molecule has 1 amide bonds. The van der Waals surface area contributed by atoms with Gasteiger partial charge in [0.15, 0.2) is 5.96 Å². The Morgan fingerprint density at radius 2 is 2.00 bits per heavy atom. The smallest absolute Gasteiger partial charge is 0.289 e.